The van der Waals surface area contributed by atoms with Gasteiger partial charge in [-0.2, -0.15) is 5.26 Å². The maximum atomic E-state index is 12.2. The van der Waals surface area contributed by atoms with E-state index in [0.717, 1.165) is 18.2 Å². The van der Waals surface area contributed by atoms with Crippen molar-refractivity contribution >= 4 is 22.0 Å². The number of carbonyl (C=O) groups is 1. The molecule has 1 aliphatic rings. The van der Waals surface area contributed by atoms with E-state index >= 15 is 0 Å². The van der Waals surface area contributed by atoms with Gasteiger partial charge in [-0.15, -0.1) is 0 Å². The van der Waals surface area contributed by atoms with Crippen molar-refractivity contribution in [3.63, 3.8) is 0 Å². The van der Waals surface area contributed by atoms with Crippen molar-refractivity contribution in [1.29, 1.82) is 5.26 Å². The van der Waals surface area contributed by atoms with Crippen molar-refractivity contribution in [2.45, 2.75) is 57.6 Å². The first kappa shape index (κ1) is 16.0. The van der Waals surface area contributed by atoms with Crippen LogP contribution in [-0.2, 0) is 4.74 Å². The maximum Gasteiger partial charge on any atom is 0.415 e. The number of alkyl halides is 1. The number of rotatable bonds is 4. The molecule has 19 heavy (non-hydrogen) atoms. The minimum Gasteiger partial charge on any atom is -0.443 e. The summed E-state index contributed by atoms with van der Waals surface area (Å²) in [5.41, 5.74) is -1.32. The molecule has 1 rings (SSSR count). The molecule has 5 heteroatoms. The lowest BCUT2D eigenvalue weighted by Crippen LogP contribution is -2.46. The standard InChI is InChI=1S/C14H21BrN2O2/c1-13(2,3)19-12(18)17-10-6-8-14(17,11-16)7-4-5-9-15/h6,10H,4-5,7-9H2,1-3H3. The van der Waals surface area contributed by atoms with Crippen LogP contribution in [0.3, 0.4) is 0 Å². The van der Waals surface area contributed by atoms with Gasteiger partial charge in [0.15, 0.2) is 0 Å². The first-order valence-electron chi connectivity index (χ1n) is 6.51. The summed E-state index contributed by atoms with van der Waals surface area (Å²) in [6.45, 7) is 5.47. The molecule has 1 aliphatic heterocycles. The van der Waals surface area contributed by atoms with Crippen LogP contribution < -0.4 is 0 Å². The number of hydrogen-bond donors (Lipinski definition) is 0. The molecule has 0 aliphatic carbocycles. The molecule has 0 radical (unpaired) electrons. The zero-order valence-electron chi connectivity index (χ0n) is 11.8. The molecule has 0 bridgehead atoms. The molecule has 0 N–H and O–H groups in total. The molecule has 4 nitrogen and oxygen atoms in total. The van der Waals surface area contributed by atoms with E-state index in [1.807, 2.05) is 26.8 Å². The second-order valence-corrected chi connectivity index (χ2v) is 6.52. The van der Waals surface area contributed by atoms with Crippen molar-refractivity contribution in [2.75, 3.05) is 5.33 Å². The van der Waals surface area contributed by atoms with Crippen molar-refractivity contribution in [3.8, 4) is 6.07 Å². The van der Waals surface area contributed by atoms with E-state index in [2.05, 4.69) is 22.0 Å². The molecule has 0 saturated heterocycles. The van der Waals surface area contributed by atoms with Crippen LogP contribution in [0.2, 0.25) is 0 Å². The molecule has 0 aromatic rings. The zero-order chi connectivity index (χ0) is 14.5. The highest BCUT2D eigenvalue weighted by molar-refractivity contribution is 9.09. The summed E-state index contributed by atoms with van der Waals surface area (Å²) in [7, 11) is 0. The SMILES string of the molecule is CC(C)(C)OC(=O)N1C=CCC1(C#N)CCCCBr. The smallest absolute Gasteiger partial charge is 0.415 e. The molecule has 106 valence electrons. The Balaban J connectivity index is 2.77. The normalized spacial score (nSPS) is 22.4. The Labute approximate surface area is 123 Å². The summed E-state index contributed by atoms with van der Waals surface area (Å²) in [6, 6.07) is 2.30. The third-order valence-corrected chi connectivity index (χ3v) is 3.50. The van der Waals surface area contributed by atoms with E-state index < -0.39 is 17.2 Å². The molecule has 0 spiro atoms. The van der Waals surface area contributed by atoms with Crippen LogP contribution in [-0.4, -0.2) is 27.5 Å². The molecule has 1 heterocycles. The summed E-state index contributed by atoms with van der Waals surface area (Å²) >= 11 is 3.38. The van der Waals surface area contributed by atoms with Gasteiger partial charge in [0.05, 0.1) is 6.07 Å². The number of nitrogens with zero attached hydrogens (tertiary/aromatic N) is 2. The average molecular weight is 329 g/mol. The van der Waals surface area contributed by atoms with Crippen LogP contribution >= 0.6 is 15.9 Å². The molecule has 1 atom stereocenters. The highest BCUT2D eigenvalue weighted by Gasteiger charge is 2.42. The molecular weight excluding hydrogens is 308 g/mol. The van der Waals surface area contributed by atoms with Crippen molar-refractivity contribution in [3.05, 3.63) is 12.3 Å². The van der Waals surface area contributed by atoms with Crippen LogP contribution in [0.5, 0.6) is 0 Å². The van der Waals surface area contributed by atoms with Gasteiger partial charge < -0.3 is 4.74 Å². The average Bonchev–Trinajstić information content (AvgIpc) is 2.72. The van der Waals surface area contributed by atoms with Crippen molar-refractivity contribution in [1.82, 2.24) is 4.90 Å². The fourth-order valence-corrected chi connectivity index (χ4v) is 2.43. The molecule has 0 aromatic heterocycles. The van der Waals surface area contributed by atoms with E-state index in [9.17, 15) is 10.1 Å². The Kier molecular flexibility index (Phi) is 5.42. The Morgan fingerprint density at radius 3 is 2.74 bits per heavy atom. The number of halogens is 1. The predicted molar refractivity (Wildman–Crippen MR) is 77.8 cm³/mol. The third kappa shape index (κ3) is 4.24. The van der Waals surface area contributed by atoms with E-state index in [1.54, 1.807) is 6.20 Å². The summed E-state index contributed by atoms with van der Waals surface area (Å²) in [5.74, 6) is 0. The van der Waals surface area contributed by atoms with Crippen LogP contribution in [0.4, 0.5) is 4.79 Å². The van der Waals surface area contributed by atoms with Crippen LogP contribution in [0, 0.1) is 11.3 Å². The van der Waals surface area contributed by atoms with Crippen molar-refractivity contribution < 1.29 is 9.53 Å². The molecular formula is C14H21BrN2O2. The van der Waals surface area contributed by atoms with Gasteiger partial charge in [0.1, 0.15) is 11.1 Å². The number of amides is 1. The molecule has 1 unspecified atom stereocenters. The van der Waals surface area contributed by atoms with Gasteiger partial charge in [-0.25, -0.2) is 4.79 Å². The number of ether oxygens (including phenoxy) is 1. The zero-order valence-corrected chi connectivity index (χ0v) is 13.4. The van der Waals surface area contributed by atoms with Crippen molar-refractivity contribution in [2.24, 2.45) is 0 Å². The van der Waals surface area contributed by atoms with E-state index in [-0.39, 0.29) is 0 Å². The topological polar surface area (TPSA) is 53.3 Å². The second kappa shape index (κ2) is 6.42. The molecule has 0 fully saturated rings. The fraction of sp³-hybridized carbons (Fsp3) is 0.714. The Morgan fingerprint density at radius 2 is 2.21 bits per heavy atom. The van der Waals surface area contributed by atoms with Gasteiger partial charge in [-0.3, -0.25) is 4.90 Å². The largest absolute Gasteiger partial charge is 0.443 e. The Bertz CT molecular complexity index is 395. The summed E-state index contributed by atoms with van der Waals surface area (Å²) < 4.78 is 5.36. The fourth-order valence-electron chi connectivity index (χ4n) is 2.03. The van der Waals surface area contributed by atoms with Gasteiger partial charge in [0.2, 0.25) is 0 Å². The lowest BCUT2D eigenvalue weighted by Gasteiger charge is -2.33. The van der Waals surface area contributed by atoms with Crippen LogP contribution in [0.25, 0.3) is 0 Å². The summed E-state index contributed by atoms with van der Waals surface area (Å²) in [6.07, 6.45) is 6.23. The third-order valence-electron chi connectivity index (χ3n) is 2.94. The molecule has 1 amide bonds. The summed E-state index contributed by atoms with van der Waals surface area (Å²) in [4.78, 5) is 13.6. The van der Waals surface area contributed by atoms with E-state index in [0.29, 0.717) is 12.8 Å². The maximum absolute atomic E-state index is 12.2. The lowest BCUT2D eigenvalue weighted by molar-refractivity contribution is 0.0214. The van der Waals surface area contributed by atoms with Gasteiger partial charge in [-0.05, 0) is 40.0 Å². The number of hydrogen-bond acceptors (Lipinski definition) is 3. The Hall–Kier alpha value is -1.02. The van der Waals surface area contributed by atoms with Gasteiger partial charge in [-0.1, -0.05) is 22.0 Å². The first-order chi connectivity index (χ1) is 8.84. The quantitative estimate of drug-likeness (QED) is 0.579. The molecule has 0 saturated carbocycles. The monoisotopic (exact) mass is 328 g/mol. The van der Waals surface area contributed by atoms with E-state index in [4.69, 9.17) is 4.74 Å². The second-order valence-electron chi connectivity index (χ2n) is 5.73. The number of carbonyl (C=O) groups excluding carboxylic acids is 1. The highest BCUT2D eigenvalue weighted by atomic mass is 79.9. The highest BCUT2D eigenvalue weighted by Crippen LogP contribution is 2.33. The van der Waals surface area contributed by atoms with Gasteiger partial charge >= 0.3 is 6.09 Å². The summed E-state index contributed by atoms with van der Waals surface area (Å²) in [5, 5.41) is 10.4. The van der Waals surface area contributed by atoms with Gasteiger partial charge in [0, 0.05) is 18.0 Å². The number of nitriles is 1. The first-order valence-corrected chi connectivity index (χ1v) is 7.63. The van der Waals surface area contributed by atoms with E-state index in [1.165, 1.54) is 4.90 Å². The van der Waals surface area contributed by atoms with Gasteiger partial charge in [0.25, 0.3) is 0 Å². The minimum absolute atomic E-state index is 0.443. The Morgan fingerprint density at radius 1 is 1.53 bits per heavy atom. The number of unbranched alkanes of at least 4 members (excludes halogenated alkanes) is 1. The minimum atomic E-state index is -0.773. The van der Waals surface area contributed by atoms with Crippen LogP contribution in [0.1, 0.15) is 46.5 Å². The lowest BCUT2D eigenvalue weighted by atomic mass is 9.91. The van der Waals surface area contributed by atoms with Crippen LogP contribution in [0.15, 0.2) is 12.3 Å². The predicted octanol–water partition coefficient (Wildman–Crippen LogP) is 3.97. The molecule has 0 aromatic carbocycles.